The van der Waals surface area contributed by atoms with Gasteiger partial charge in [0.25, 0.3) is 0 Å². The van der Waals surface area contributed by atoms with Gasteiger partial charge in [0.15, 0.2) is 0 Å². The van der Waals surface area contributed by atoms with Crippen LogP contribution in [0.25, 0.3) is 0 Å². The highest BCUT2D eigenvalue weighted by molar-refractivity contribution is 7.99. The van der Waals surface area contributed by atoms with Gasteiger partial charge in [-0.25, -0.2) is 4.68 Å². The Morgan fingerprint density at radius 1 is 1.33 bits per heavy atom. The van der Waals surface area contributed by atoms with Crippen molar-refractivity contribution in [2.45, 2.75) is 43.4 Å². The molecule has 6 nitrogen and oxygen atoms in total. The number of aromatic nitrogens is 4. The minimum atomic E-state index is 0.0518. The monoisotopic (exact) mass is 365 g/mol. The molecule has 0 atom stereocenters. The fraction of sp³-hybridized carbons (Fsp3) is 0.500. The molecule has 0 spiro atoms. The summed E-state index contributed by atoms with van der Waals surface area (Å²) in [7, 11) is 1.80. The Labute approximate surface area is 150 Å². The van der Waals surface area contributed by atoms with Crippen molar-refractivity contribution in [2.24, 2.45) is 0 Å². The Bertz CT molecular complexity index is 684. The number of rotatable bonds is 6. The molecule has 1 fully saturated rings. The van der Waals surface area contributed by atoms with Crippen LogP contribution in [0.2, 0.25) is 5.02 Å². The summed E-state index contributed by atoms with van der Waals surface area (Å²) in [6, 6.07) is 7.91. The fourth-order valence-electron chi connectivity index (χ4n) is 2.85. The van der Waals surface area contributed by atoms with Crippen LogP contribution in [0.4, 0.5) is 0 Å². The lowest BCUT2D eigenvalue weighted by atomic mass is 10.2. The van der Waals surface area contributed by atoms with E-state index >= 15 is 0 Å². The van der Waals surface area contributed by atoms with Crippen LogP contribution in [-0.2, 0) is 11.3 Å². The zero-order valence-electron chi connectivity index (χ0n) is 13.6. The lowest BCUT2D eigenvalue weighted by Crippen LogP contribution is -2.28. The number of thioether (sulfide) groups is 1. The first kappa shape index (κ1) is 17.2. The summed E-state index contributed by atoms with van der Waals surface area (Å²) in [5.74, 6) is 0.382. The average molecular weight is 366 g/mol. The number of nitrogens with zero attached hydrogens (tertiary/aromatic N) is 5. The molecule has 0 saturated heterocycles. The van der Waals surface area contributed by atoms with Crippen LogP contribution in [0.1, 0.15) is 37.3 Å². The molecule has 1 amide bonds. The maximum Gasteiger partial charge on any atom is 0.233 e. The van der Waals surface area contributed by atoms with Crippen molar-refractivity contribution in [1.82, 2.24) is 25.1 Å². The molecule has 1 aromatic heterocycles. The van der Waals surface area contributed by atoms with Gasteiger partial charge in [-0.1, -0.05) is 48.3 Å². The van der Waals surface area contributed by atoms with Crippen molar-refractivity contribution in [3.8, 4) is 0 Å². The van der Waals surface area contributed by atoms with Gasteiger partial charge in [-0.2, -0.15) is 0 Å². The summed E-state index contributed by atoms with van der Waals surface area (Å²) in [6.07, 6.45) is 4.67. The van der Waals surface area contributed by atoms with Gasteiger partial charge in [-0.15, -0.1) is 5.10 Å². The Morgan fingerprint density at radius 2 is 2.04 bits per heavy atom. The predicted molar refractivity (Wildman–Crippen MR) is 94.0 cm³/mol. The highest BCUT2D eigenvalue weighted by Crippen LogP contribution is 2.31. The van der Waals surface area contributed by atoms with Crippen molar-refractivity contribution in [2.75, 3.05) is 12.8 Å². The highest BCUT2D eigenvalue weighted by atomic mass is 35.5. The largest absolute Gasteiger partial charge is 0.341 e. The van der Waals surface area contributed by atoms with E-state index in [0.717, 1.165) is 23.6 Å². The van der Waals surface area contributed by atoms with Gasteiger partial charge in [-0.3, -0.25) is 4.79 Å². The van der Waals surface area contributed by atoms with Crippen molar-refractivity contribution >= 4 is 29.3 Å². The normalized spacial score (nSPS) is 14.9. The van der Waals surface area contributed by atoms with E-state index in [1.165, 1.54) is 24.6 Å². The molecule has 2 aromatic rings. The molecule has 0 N–H and O–H groups in total. The summed E-state index contributed by atoms with van der Waals surface area (Å²) in [6.45, 7) is 0.560. The van der Waals surface area contributed by atoms with E-state index < -0.39 is 0 Å². The van der Waals surface area contributed by atoms with E-state index in [-0.39, 0.29) is 5.91 Å². The van der Waals surface area contributed by atoms with E-state index in [4.69, 9.17) is 11.6 Å². The van der Waals surface area contributed by atoms with Gasteiger partial charge in [-0.05, 0) is 41.0 Å². The molecule has 1 saturated carbocycles. The summed E-state index contributed by atoms with van der Waals surface area (Å²) in [4.78, 5) is 14.1. The minimum absolute atomic E-state index is 0.0518. The molecule has 8 heteroatoms. The van der Waals surface area contributed by atoms with Gasteiger partial charge in [0.05, 0.1) is 11.8 Å². The Kier molecular flexibility index (Phi) is 5.73. The topological polar surface area (TPSA) is 63.9 Å². The second kappa shape index (κ2) is 7.98. The van der Waals surface area contributed by atoms with Crippen LogP contribution in [0, 0.1) is 0 Å². The number of amides is 1. The van der Waals surface area contributed by atoms with Gasteiger partial charge in [0, 0.05) is 18.6 Å². The number of benzene rings is 1. The minimum Gasteiger partial charge on any atom is -0.341 e. The van der Waals surface area contributed by atoms with Gasteiger partial charge >= 0.3 is 0 Å². The molecule has 128 valence electrons. The van der Waals surface area contributed by atoms with Crippen molar-refractivity contribution in [3.05, 3.63) is 34.9 Å². The lowest BCUT2D eigenvalue weighted by Gasteiger charge is -2.17. The maximum atomic E-state index is 12.3. The predicted octanol–water partition coefficient (Wildman–Crippen LogP) is 3.19. The number of hydrogen-bond donors (Lipinski definition) is 0. The van der Waals surface area contributed by atoms with Gasteiger partial charge in [0.2, 0.25) is 11.1 Å². The standard InChI is InChI=1S/C16H20ClN5OS/c1-21(10-12-6-8-13(17)9-7-12)15(23)11-24-16-18-19-20-22(16)14-4-2-3-5-14/h6-9,14H,2-5,10-11H2,1H3. The molecule has 1 aliphatic carbocycles. The average Bonchev–Trinajstić information content (AvgIpc) is 3.25. The SMILES string of the molecule is CN(Cc1ccc(Cl)cc1)C(=O)CSc1nnnn1C1CCCC1. The van der Waals surface area contributed by atoms with Crippen LogP contribution in [0.3, 0.4) is 0 Å². The van der Waals surface area contributed by atoms with Crippen LogP contribution in [0.5, 0.6) is 0 Å². The molecule has 1 heterocycles. The molecule has 0 unspecified atom stereocenters. The van der Waals surface area contributed by atoms with Crippen LogP contribution < -0.4 is 0 Å². The van der Waals surface area contributed by atoms with E-state index in [0.29, 0.717) is 23.4 Å². The second-order valence-electron chi connectivity index (χ2n) is 6.01. The molecule has 24 heavy (non-hydrogen) atoms. The summed E-state index contributed by atoms with van der Waals surface area (Å²) in [5, 5.41) is 13.4. The molecule has 3 rings (SSSR count). The van der Waals surface area contributed by atoms with Crippen LogP contribution in [-0.4, -0.2) is 43.8 Å². The van der Waals surface area contributed by atoms with Crippen LogP contribution >= 0.6 is 23.4 Å². The molecule has 0 aliphatic heterocycles. The highest BCUT2D eigenvalue weighted by Gasteiger charge is 2.22. The first-order valence-corrected chi connectivity index (χ1v) is 9.39. The quantitative estimate of drug-likeness (QED) is 0.735. The number of halogens is 1. The van der Waals surface area contributed by atoms with Crippen LogP contribution in [0.15, 0.2) is 29.4 Å². The summed E-state index contributed by atoms with van der Waals surface area (Å²) >= 11 is 7.29. The molecular formula is C16H20ClN5OS. The van der Waals surface area contributed by atoms with E-state index in [9.17, 15) is 4.79 Å². The summed E-state index contributed by atoms with van der Waals surface area (Å²) < 4.78 is 1.88. The van der Waals surface area contributed by atoms with E-state index in [1.54, 1.807) is 11.9 Å². The molecule has 1 aromatic carbocycles. The Morgan fingerprint density at radius 3 is 2.75 bits per heavy atom. The third-order valence-electron chi connectivity index (χ3n) is 4.22. The van der Waals surface area contributed by atoms with Crippen molar-refractivity contribution in [3.63, 3.8) is 0 Å². The Balaban J connectivity index is 1.53. The number of tetrazole rings is 1. The van der Waals surface area contributed by atoms with E-state index in [2.05, 4.69) is 15.5 Å². The molecule has 0 radical (unpaired) electrons. The van der Waals surface area contributed by atoms with Crippen molar-refractivity contribution in [1.29, 1.82) is 0 Å². The molecule has 0 bridgehead atoms. The fourth-order valence-corrected chi connectivity index (χ4v) is 3.86. The lowest BCUT2D eigenvalue weighted by molar-refractivity contribution is -0.127. The molecular weight excluding hydrogens is 346 g/mol. The van der Waals surface area contributed by atoms with E-state index in [1.807, 2.05) is 28.9 Å². The molecule has 1 aliphatic rings. The Hall–Kier alpha value is -1.60. The van der Waals surface area contributed by atoms with Crippen molar-refractivity contribution < 1.29 is 4.79 Å². The second-order valence-corrected chi connectivity index (χ2v) is 7.39. The third kappa shape index (κ3) is 4.27. The zero-order chi connectivity index (χ0) is 16.9. The first-order chi connectivity index (χ1) is 11.6. The smallest absolute Gasteiger partial charge is 0.233 e. The van der Waals surface area contributed by atoms with Gasteiger partial charge in [0.1, 0.15) is 0 Å². The van der Waals surface area contributed by atoms with Gasteiger partial charge < -0.3 is 4.90 Å². The third-order valence-corrected chi connectivity index (χ3v) is 5.39. The number of hydrogen-bond acceptors (Lipinski definition) is 5. The number of carbonyl (C=O) groups is 1. The summed E-state index contributed by atoms with van der Waals surface area (Å²) in [5.41, 5.74) is 1.05. The maximum absolute atomic E-state index is 12.3. The zero-order valence-corrected chi connectivity index (χ0v) is 15.1. The number of carbonyl (C=O) groups excluding carboxylic acids is 1. The first-order valence-electron chi connectivity index (χ1n) is 8.02.